The molecule has 1 heterocycles. The highest BCUT2D eigenvalue weighted by Gasteiger charge is 2.23. The number of anilines is 1. The number of hydrogen-bond acceptors (Lipinski definition) is 5. The van der Waals surface area contributed by atoms with Gasteiger partial charge in [-0.1, -0.05) is 5.92 Å². The number of nitrogens with zero attached hydrogens (tertiary/aromatic N) is 2. The van der Waals surface area contributed by atoms with Crippen molar-refractivity contribution in [2.24, 2.45) is 5.92 Å². The van der Waals surface area contributed by atoms with Gasteiger partial charge >= 0.3 is 6.09 Å². The van der Waals surface area contributed by atoms with E-state index in [9.17, 15) is 4.79 Å². The lowest BCUT2D eigenvalue weighted by molar-refractivity contribution is 0.150. The maximum Gasteiger partial charge on any atom is 0.408 e. The molecule has 26 heavy (non-hydrogen) atoms. The number of fused-ring (bicyclic) bond motifs is 1. The molecule has 2 aromatic rings. The third kappa shape index (κ3) is 4.63. The molecule has 0 unspecified atom stereocenters. The van der Waals surface area contributed by atoms with Crippen molar-refractivity contribution in [1.29, 1.82) is 0 Å². The van der Waals surface area contributed by atoms with E-state index in [1.54, 1.807) is 19.3 Å². The Balaban J connectivity index is 1.54. The summed E-state index contributed by atoms with van der Waals surface area (Å²) in [5, 5.41) is 2.93. The van der Waals surface area contributed by atoms with Crippen LogP contribution in [0.25, 0.3) is 11.0 Å². The van der Waals surface area contributed by atoms with E-state index in [1.807, 2.05) is 12.1 Å². The molecule has 0 radical (unpaired) electrons. The fourth-order valence-electron chi connectivity index (χ4n) is 3.53. The zero-order valence-electron chi connectivity index (χ0n) is 15.0. The minimum Gasteiger partial charge on any atom is -0.436 e. The Morgan fingerprint density at radius 3 is 2.81 bits per heavy atom. The van der Waals surface area contributed by atoms with Crippen LogP contribution in [-0.2, 0) is 11.2 Å². The molecule has 1 aromatic carbocycles. The number of ether oxygens (including phenoxy) is 1. The van der Waals surface area contributed by atoms with Crippen molar-refractivity contribution in [1.82, 2.24) is 15.3 Å². The number of carbonyl (C=O) groups excluding carboxylic acids is 1. The van der Waals surface area contributed by atoms with E-state index in [0.29, 0.717) is 5.92 Å². The minimum atomic E-state index is -0.381. The van der Waals surface area contributed by atoms with E-state index in [4.69, 9.17) is 10.5 Å². The third-order valence-corrected chi connectivity index (χ3v) is 4.80. The Kier molecular flexibility index (Phi) is 5.90. The summed E-state index contributed by atoms with van der Waals surface area (Å²) in [7, 11) is 0. The van der Waals surface area contributed by atoms with Gasteiger partial charge in [-0.2, -0.15) is 0 Å². The molecular weight excluding hydrogens is 328 g/mol. The van der Waals surface area contributed by atoms with E-state index >= 15 is 0 Å². The van der Waals surface area contributed by atoms with Gasteiger partial charge in [-0.25, -0.2) is 4.79 Å². The zero-order valence-corrected chi connectivity index (χ0v) is 15.0. The second-order valence-electron chi connectivity index (χ2n) is 6.67. The number of nitrogens with two attached hydrogens (primary N) is 1. The molecule has 1 aromatic heterocycles. The van der Waals surface area contributed by atoms with E-state index < -0.39 is 0 Å². The van der Waals surface area contributed by atoms with Crippen molar-refractivity contribution in [3.05, 3.63) is 30.1 Å². The molecular formula is C20H24N4O2. The summed E-state index contributed by atoms with van der Waals surface area (Å²) >= 11 is 0. The Labute approximate surface area is 153 Å². The topological polar surface area (TPSA) is 90.1 Å². The molecule has 6 heteroatoms. The van der Waals surface area contributed by atoms with Gasteiger partial charge in [0, 0.05) is 24.1 Å². The van der Waals surface area contributed by atoms with Crippen molar-refractivity contribution in [3.8, 4) is 11.8 Å². The molecule has 0 spiro atoms. The number of rotatable bonds is 4. The smallest absolute Gasteiger partial charge is 0.408 e. The van der Waals surface area contributed by atoms with Crippen LogP contribution < -0.4 is 11.1 Å². The highest BCUT2D eigenvalue weighted by atomic mass is 16.5. The van der Waals surface area contributed by atoms with Crippen LogP contribution >= 0.6 is 0 Å². The molecule has 1 amide bonds. The number of nitrogens with one attached hydrogen (secondary N) is 1. The van der Waals surface area contributed by atoms with Gasteiger partial charge in [-0.3, -0.25) is 9.97 Å². The molecule has 1 aliphatic rings. The molecule has 1 fully saturated rings. The van der Waals surface area contributed by atoms with Crippen LogP contribution in [0.15, 0.2) is 24.5 Å². The van der Waals surface area contributed by atoms with Crippen LogP contribution in [0.4, 0.5) is 10.5 Å². The van der Waals surface area contributed by atoms with Crippen molar-refractivity contribution in [2.45, 2.75) is 45.1 Å². The molecule has 0 atom stereocenters. The van der Waals surface area contributed by atoms with E-state index in [2.05, 4.69) is 27.1 Å². The molecule has 1 aliphatic carbocycles. The average molecular weight is 352 g/mol. The van der Waals surface area contributed by atoms with Crippen LogP contribution in [0.2, 0.25) is 0 Å². The SMILES string of the molecule is CC#CCOC(=O)NC1CCC(Cc2cc(N)cc3nccnc23)CC1. The normalized spacial score (nSPS) is 19.4. The summed E-state index contributed by atoms with van der Waals surface area (Å²) < 4.78 is 5.02. The molecule has 0 saturated heterocycles. The Hall–Kier alpha value is -2.81. The van der Waals surface area contributed by atoms with Gasteiger partial charge in [-0.05, 0) is 62.6 Å². The summed E-state index contributed by atoms with van der Waals surface area (Å²) in [6.07, 6.45) is 7.96. The zero-order chi connectivity index (χ0) is 18.4. The number of carbonyl (C=O) groups is 1. The summed E-state index contributed by atoms with van der Waals surface area (Å²) in [4.78, 5) is 20.5. The predicted octanol–water partition coefficient (Wildman–Crippen LogP) is 3.06. The first kappa shape index (κ1) is 18.0. The lowest BCUT2D eigenvalue weighted by Crippen LogP contribution is -2.38. The fourth-order valence-corrected chi connectivity index (χ4v) is 3.53. The first-order valence-corrected chi connectivity index (χ1v) is 8.97. The predicted molar refractivity (Wildman–Crippen MR) is 101 cm³/mol. The average Bonchev–Trinajstić information content (AvgIpc) is 2.63. The first-order chi connectivity index (χ1) is 12.7. The second kappa shape index (κ2) is 8.52. The monoisotopic (exact) mass is 352 g/mol. The van der Waals surface area contributed by atoms with Crippen LogP contribution in [0.3, 0.4) is 0 Å². The molecule has 0 bridgehead atoms. The summed E-state index contributed by atoms with van der Waals surface area (Å²) in [5.41, 5.74) is 9.67. The Bertz CT molecular complexity index is 833. The molecule has 3 rings (SSSR count). The standard InChI is InChI=1S/C20H24N4O2/c1-2-3-10-26-20(25)24-17-6-4-14(5-7-17)11-15-12-16(21)13-18-19(15)23-9-8-22-18/h8-9,12-14,17H,4-7,10-11,21H2,1H3,(H,24,25). The molecule has 6 nitrogen and oxygen atoms in total. The van der Waals surface area contributed by atoms with Gasteiger partial charge < -0.3 is 15.8 Å². The van der Waals surface area contributed by atoms with Crippen molar-refractivity contribution < 1.29 is 9.53 Å². The van der Waals surface area contributed by atoms with Crippen LogP contribution in [0, 0.1) is 17.8 Å². The first-order valence-electron chi connectivity index (χ1n) is 8.97. The van der Waals surface area contributed by atoms with Crippen molar-refractivity contribution >= 4 is 22.8 Å². The number of alkyl carbamates (subject to hydrolysis) is 1. The third-order valence-electron chi connectivity index (χ3n) is 4.80. The highest BCUT2D eigenvalue weighted by molar-refractivity contribution is 5.81. The fraction of sp³-hybridized carbons (Fsp3) is 0.450. The number of benzene rings is 1. The maximum absolute atomic E-state index is 11.7. The highest BCUT2D eigenvalue weighted by Crippen LogP contribution is 2.30. The summed E-state index contributed by atoms with van der Waals surface area (Å²) in [6, 6.07) is 4.04. The number of nitrogen functional groups attached to an aromatic ring is 1. The van der Waals surface area contributed by atoms with Gasteiger partial charge in [0.25, 0.3) is 0 Å². The minimum absolute atomic E-state index is 0.140. The Morgan fingerprint density at radius 1 is 1.27 bits per heavy atom. The van der Waals surface area contributed by atoms with E-state index in [0.717, 1.165) is 54.4 Å². The van der Waals surface area contributed by atoms with Crippen molar-refractivity contribution in [2.75, 3.05) is 12.3 Å². The molecule has 0 aliphatic heterocycles. The van der Waals surface area contributed by atoms with E-state index in [1.165, 1.54) is 0 Å². The van der Waals surface area contributed by atoms with Crippen LogP contribution in [0.5, 0.6) is 0 Å². The number of aromatic nitrogens is 2. The van der Waals surface area contributed by atoms with Gasteiger partial charge in [0.15, 0.2) is 6.61 Å². The van der Waals surface area contributed by atoms with Gasteiger partial charge in [0.2, 0.25) is 0 Å². The maximum atomic E-state index is 11.7. The van der Waals surface area contributed by atoms with Gasteiger partial charge in [0.05, 0.1) is 11.0 Å². The lowest BCUT2D eigenvalue weighted by Gasteiger charge is -2.29. The lowest BCUT2D eigenvalue weighted by atomic mass is 9.82. The Morgan fingerprint density at radius 2 is 2.04 bits per heavy atom. The summed E-state index contributed by atoms with van der Waals surface area (Å²) in [6.45, 7) is 1.86. The van der Waals surface area contributed by atoms with Gasteiger partial charge in [-0.15, -0.1) is 5.92 Å². The van der Waals surface area contributed by atoms with Crippen LogP contribution in [-0.4, -0.2) is 28.7 Å². The van der Waals surface area contributed by atoms with Crippen molar-refractivity contribution in [3.63, 3.8) is 0 Å². The molecule has 136 valence electrons. The van der Waals surface area contributed by atoms with Gasteiger partial charge in [0.1, 0.15) is 0 Å². The van der Waals surface area contributed by atoms with Crippen LogP contribution in [0.1, 0.15) is 38.2 Å². The number of hydrogen-bond donors (Lipinski definition) is 2. The largest absolute Gasteiger partial charge is 0.436 e. The van der Waals surface area contributed by atoms with E-state index in [-0.39, 0.29) is 18.7 Å². The number of amides is 1. The quantitative estimate of drug-likeness (QED) is 0.652. The summed E-state index contributed by atoms with van der Waals surface area (Å²) in [5.74, 6) is 5.97. The molecule has 3 N–H and O–H groups in total. The second-order valence-corrected chi connectivity index (χ2v) is 6.67. The molecule has 1 saturated carbocycles.